The highest BCUT2D eigenvalue weighted by Gasteiger charge is 2.30. The Morgan fingerprint density at radius 1 is 1.06 bits per heavy atom. The number of anilines is 1. The standard InChI is InChI=1S/C24H23ClN6O2/c1-24(2,18-7-9-19(25)10-8-18)23(33)28-15-21(30-31-26)16-3-5-17(6-4-16)22(32)29-20-11-13-27-14-12-20/h3-14,21H,15H2,1-2H3,(H,28,33)(H,27,29,32)/t21-/m1/s1. The zero-order valence-electron chi connectivity index (χ0n) is 18.2. The van der Waals surface area contributed by atoms with E-state index in [1.165, 1.54) is 0 Å². The Hall–Kier alpha value is -3.87. The molecule has 1 atom stereocenters. The smallest absolute Gasteiger partial charge is 0.255 e. The van der Waals surface area contributed by atoms with Gasteiger partial charge in [-0.2, -0.15) is 0 Å². The van der Waals surface area contributed by atoms with Gasteiger partial charge in [0.15, 0.2) is 0 Å². The van der Waals surface area contributed by atoms with Gasteiger partial charge in [0.2, 0.25) is 5.91 Å². The van der Waals surface area contributed by atoms with E-state index in [2.05, 4.69) is 25.6 Å². The summed E-state index contributed by atoms with van der Waals surface area (Å²) >= 11 is 5.94. The fourth-order valence-corrected chi connectivity index (χ4v) is 3.32. The molecule has 0 aliphatic heterocycles. The van der Waals surface area contributed by atoms with Gasteiger partial charge >= 0.3 is 0 Å². The Kier molecular flexibility index (Phi) is 7.66. The van der Waals surface area contributed by atoms with E-state index in [-0.39, 0.29) is 18.4 Å². The molecule has 0 fully saturated rings. The van der Waals surface area contributed by atoms with Crippen LogP contribution in [-0.2, 0) is 10.2 Å². The first-order valence-electron chi connectivity index (χ1n) is 10.2. The minimum absolute atomic E-state index is 0.114. The van der Waals surface area contributed by atoms with E-state index in [0.29, 0.717) is 21.8 Å². The quantitative estimate of drug-likeness (QED) is 0.263. The normalized spacial score (nSPS) is 11.7. The molecule has 8 nitrogen and oxygen atoms in total. The zero-order valence-corrected chi connectivity index (χ0v) is 19.0. The number of nitrogens with zero attached hydrogens (tertiary/aromatic N) is 4. The molecule has 0 saturated carbocycles. The number of benzene rings is 2. The number of nitrogens with one attached hydrogen (secondary N) is 2. The van der Waals surface area contributed by atoms with E-state index in [1.807, 2.05) is 26.0 Å². The van der Waals surface area contributed by atoms with Gasteiger partial charge in [-0.15, -0.1) is 0 Å². The van der Waals surface area contributed by atoms with E-state index in [4.69, 9.17) is 17.1 Å². The molecule has 1 aromatic heterocycles. The molecule has 0 saturated heterocycles. The van der Waals surface area contributed by atoms with Gasteiger partial charge in [-0.3, -0.25) is 14.6 Å². The summed E-state index contributed by atoms with van der Waals surface area (Å²) in [5.41, 5.74) is 10.8. The summed E-state index contributed by atoms with van der Waals surface area (Å²) in [6.07, 6.45) is 3.18. The molecule has 33 heavy (non-hydrogen) atoms. The first kappa shape index (κ1) is 23.8. The predicted molar refractivity (Wildman–Crippen MR) is 128 cm³/mol. The number of aromatic nitrogens is 1. The highest BCUT2D eigenvalue weighted by Crippen LogP contribution is 2.26. The Bertz CT molecular complexity index is 1160. The first-order valence-corrected chi connectivity index (χ1v) is 10.6. The van der Waals surface area contributed by atoms with Crippen LogP contribution in [0.25, 0.3) is 10.4 Å². The molecule has 2 aromatic carbocycles. The van der Waals surface area contributed by atoms with Gasteiger partial charge in [-0.05, 0) is 66.9 Å². The molecule has 3 aromatic rings. The average molecular weight is 463 g/mol. The second kappa shape index (κ2) is 10.6. The summed E-state index contributed by atoms with van der Waals surface area (Å²) in [6.45, 7) is 3.73. The lowest BCUT2D eigenvalue weighted by Crippen LogP contribution is -2.41. The number of carbonyl (C=O) groups is 2. The van der Waals surface area contributed by atoms with Crippen molar-refractivity contribution in [3.05, 3.63) is 105 Å². The molecule has 2 N–H and O–H groups in total. The number of halogens is 1. The van der Waals surface area contributed by atoms with Crippen LogP contribution in [0.5, 0.6) is 0 Å². The topological polar surface area (TPSA) is 120 Å². The van der Waals surface area contributed by atoms with Crippen LogP contribution in [-0.4, -0.2) is 23.3 Å². The second-order valence-electron chi connectivity index (χ2n) is 7.87. The van der Waals surface area contributed by atoms with E-state index >= 15 is 0 Å². The van der Waals surface area contributed by atoms with Crippen LogP contribution in [0, 0.1) is 0 Å². The van der Waals surface area contributed by atoms with Crippen LogP contribution in [0.15, 0.2) is 78.2 Å². The fourth-order valence-electron chi connectivity index (χ4n) is 3.19. The summed E-state index contributed by atoms with van der Waals surface area (Å²) in [5.74, 6) is -0.484. The lowest BCUT2D eigenvalue weighted by molar-refractivity contribution is -0.125. The molecule has 9 heteroatoms. The Labute approximate surface area is 196 Å². The molecule has 1 heterocycles. The van der Waals surface area contributed by atoms with E-state index in [9.17, 15) is 9.59 Å². The predicted octanol–water partition coefficient (Wildman–Crippen LogP) is 5.43. The van der Waals surface area contributed by atoms with Crippen molar-refractivity contribution in [2.45, 2.75) is 25.3 Å². The van der Waals surface area contributed by atoms with Crippen molar-refractivity contribution in [2.24, 2.45) is 5.11 Å². The number of pyridine rings is 1. The maximum Gasteiger partial charge on any atom is 0.255 e. The number of rotatable bonds is 8. The third-order valence-electron chi connectivity index (χ3n) is 5.28. The lowest BCUT2D eigenvalue weighted by Gasteiger charge is -2.25. The third kappa shape index (κ3) is 6.10. The summed E-state index contributed by atoms with van der Waals surface area (Å²) in [5, 5.41) is 10.1. The van der Waals surface area contributed by atoms with Crippen LogP contribution >= 0.6 is 11.6 Å². The highest BCUT2D eigenvalue weighted by atomic mass is 35.5. The van der Waals surface area contributed by atoms with Gasteiger partial charge in [-0.1, -0.05) is 41.0 Å². The largest absolute Gasteiger partial charge is 0.355 e. The molecule has 0 bridgehead atoms. The Morgan fingerprint density at radius 2 is 1.70 bits per heavy atom. The number of carbonyl (C=O) groups excluding carboxylic acids is 2. The summed E-state index contributed by atoms with van der Waals surface area (Å²) in [4.78, 5) is 32.1. The fraction of sp³-hybridized carbons (Fsp3) is 0.208. The van der Waals surface area contributed by atoms with Crippen LogP contribution in [0.3, 0.4) is 0 Å². The Morgan fingerprint density at radius 3 is 2.30 bits per heavy atom. The highest BCUT2D eigenvalue weighted by molar-refractivity contribution is 6.30. The van der Waals surface area contributed by atoms with Crippen molar-refractivity contribution in [1.82, 2.24) is 10.3 Å². The van der Waals surface area contributed by atoms with Gasteiger partial charge in [0.1, 0.15) is 0 Å². The number of azide groups is 1. The maximum atomic E-state index is 12.9. The molecule has 0 aliphatic rings. The summed E-state index contributed by atoms with van der Waals surface area (Å²) < 4.78 is 0. The first-order chi connectivity index (χ1) is 15.8. The minimum atomic E-state index is -0.805. The van der Waals surface area contributed by atoms with Crippen molar-refractivity contribution in [2.75, 3.05) is 11.9 Å². The molecule has 3 rings (SSSR count). The number of hydrogen-bond donors (Lipinski definition) is 2. The van der Waals surface area contributed by atoms with Crippen LogP contribution in [0.2, 0.25) is 5.02 Å². The van der Waals surface area contributed by atoms with Crippen molar-refractivity contribution >= 4 is 29.1 Å². The lowest BCUT2D eigenvalue weighted by atomic mass is 9.83. The van der Waals surface area contributed by atoms with Crippen molar-refractivity contribution in [3.63, 3.8) is 0 Å². The molecule has 2 amide bonds. The van der Waals surface area contributed by atoms with Gasteiger partial charge in [0.25, 0.3) is 5.91 Å². The monoisotopic (exact) mass is 462 g/mol. The van der Waals surface area contributed by atoms with Crippen molar-refractivity contribution in [3.8, 4) is 0 Å². The average Bonchev–Trinajstić information content (AvgIpc) is 2.82. The van der Waals surface area contributed by atoms with Crippen LogP contribution in [0.1, 0.15) is 41.4 Å². The van der Waals surface area contributed by atoms with Gasteiger partial charge in [-0.25, -0.2) is 0 Å². The zero-order chi connectivity index (χ0) is 23.8. The van der Waals surface area contributed by atoms with E-state index in [1.54, 1.807) is 60.9 Å². The molecule has 0 unspecified atom stereocenters. The summed E-state index contributed by atoms with van der Waals surface area (Å²) in [7, 11) is 0. The Balaban J connectivity index is 1.67. The molecule has 168 valence electrons. The SMILES string of the molecule is CC(C)(C(=O)NC[C@@H](N=[N+]=[N-])c1ccc(C(=O)Nc2ccncc2)cc1)c1ccc(Cl)cc1. The van der Waals surface area contributed by atoms with Gasteiger partial charge in [0, 0.05) is 40.1 Å². The second-order valence-corrected chi connectivity index (χ2v) is 8.31. The number of amides is 2. The van der Waals surface area contributed by atoms with Crippen molar-refractivity contribution in [1.29, 1.82) is 0 Å². The maximum absolute atomic E-state index is 12.9. The molecule has 0 spiro atoms. The molecule has 0 radical (unpaired) electrons. The van der Waals surface area contributed by atoms with E-state index in [0.717, 1.165) is 5.56 Å². The van der Waals surface area contributed by atoms with Crippen LogP contribution in [0.4, 0.5) is 5.69 Å². The van der Waals surface area contributed by atoms with Gasteiger partial charge in [0.05, 0.1) is 11.5 Å². The minimum Gasteiger partial charge on any atom is -0.355 e. The third-order valence-corrected chi connectivity index (χ3v) is 5.53. The van der Waals surface area contributed by atoms with Crippen molar-refractivity contribution < 1.29 is 9.59 Å². The summed E-state index contributed by atoms with van der Waals surface area (Å²) in [6, 6.07) is 16.5. The molecular formula is C24H23ClN6O2. The molecular weight excluding hydrogens is 440 g/mol. The van der Waals surface area contributed by atoms with Crippen LogP contribution < -0.4 is 10.6 Å². The van der Waals surface area contributed by atoms with Gasteiger partial charge < -0.3 is 10.6 Å². The number of hydrogen-bond acceptors (Lipinski definition) is 4. The van der Waals surface area contributed by atoms with E-state index < -0.39 is 11.5 Å². The molecule has 0 aliphatic carbocycles.